The van der Waals surface area contributed by atoms with Crippen LogP contribution >= 0.6 is 0 Å². The SMILES string of the molecule is N.O=S(O)O.[H-].[H-].[Mg+2]. The van der Waals surface area contributed by atoms with Crippen molar-refractivity contribution in [3.05, 3.63) is 0 Å². The molecule has 5 N–H and O–H groups in total. The minimum Gasteiger partial charge on any atom is -1.00 e. The number of hydrogen-bond donors (Lipinski definition) is 3. The first-order chi connectivity index (χ1) is 1.73. The summed E-state index contributed by atoms with van der Waals surface area (Å²) in [6, 6.07) is 0. The van der Waals surface area contributed by atoms with Gasteiger partial charge >= 0.3 is 23.1 Å². The fourth-order valence-corrected chi connectivity index (χ4v) is 0. The van der Waals surface area contributed by atoms with Gasteiger partial charge in [0.25, 0.3) is 11.4 Å². The largest absolute Gasteiger partial charge is 2.00 e. The van der Waals surface area contributed by atoms with Crippen LogP contribution < -0.4 is 6.15 Å². The molecule has 6 heteroatoms. The summed E-state index contributed by atoms with van der Waals surface area (Å²) in [5, 5.41) is 0. The maximum Gasteiger partial charge on any atom is 2.00 e. The molecule has 4 nitrogen and oxygen atoms in total. The molecule has 0 spiro atoms. The molecule has 38 valence electrons. The van der Waals surface area contributed by atoms with Gasteiger partial charge in [0, 0.05) is 0 Å². The van der Waals surface area contributed by atoms with Crippen molar-refractivity contribution in [1.82, 2.24) is 6.15 Å². The first-order valence-electron chi connectivity index (χ1n) is 0.532. The Hall–Kier alpha value is 0.796. The third-order valence-electron chi connectivity index (χ3n) is 0. The standard InChI is InChI=1S/Mg.H3N.H2O3S.2H/c;;1-4(2)3;;/h;1H3;(H2,1,2,3);;/q+2;;;2*-1. The molecule has 0 aromatic rings. The van der Waals surface area contributed by atoms with Gasteiger partial charge in [-0.2, -0.15) is 4.21 Å². The van der Waals surface area contributed by atoms with Crippen LogP contribution in [0.2, 0.25) is 0 Å². The molecule has 0 saturated carbocycles. The van der Waals surface area contributed by atoms with Crippen molar-refractivity contribution in [2.45, 2.75) is 0 Å². The molecule has 6 heavy (non-hydrogen) atoms. The molecule has 0 rings (SSSR count). The van der Waals surface area contributed by atoms with Gasteiger partial charge in [-0.25, -0.2) is 0 Å². The summed E-state index contributed by atoms with van der Waals surface area (Å²) < 4.78 is 22.8. The minimum atomic E-state index is -2.61. The molecule has 0 aliphatic carbocycles. The minimum absolute atomic E-state index is 0. The molecular formula is H7MgNO3S. The van der Waals surface area contributed by atoms with Crippen molar-refractivity contribution in [3.63, 3.8) is 0 Å². The molecule has 0 unspecified atom stereocenters. The molecule has 0 amide bonds. The van der Waals surface area contributed by atoms with E-state index in [1.54, 1.807) is 0 Å². The van der Waals surface area contributed by atoms with Crippen LogP contribution in [0.3, 0.4) is 0 Å². The van der Waals surface area contributed by atoms with Crippen molar-refractivity contribution in [2.24, 2.45) is 0 Å². The van der Waals surface area contributed by atoms with E-state index in [1.165, 1.54) is 0 Å². The molecule has 0 aliphatic heterocycles. The summed E-state index contributed by atoms with van der Waals surface area (Å²) in [6.07, 6.45) is 0. The zero-order valence-corrected chi connectivity index (χ0v) is 5.36. The Morgan fingerprint density at radius 2 is 1.50 bits per heavy atom. The van der Waals surface area contributed by atoms with Gasteiger partial charge in [0.1, 0.15) is 0 Å². The van der Waals surface area contributed by atoms with Crippen molar-refractivity contribution in [3.8, 4) is 0 Å². The van der Waals surface area contributed by atoms with Gasteiger partial charge < -0.3 is 9.00 Å². The van der Waals surface area contributed by atoms with Crippen LogP contribution in [0.25, 0.3) is 0 Å². The monoisotopic (exact) mass is 125 g/mol. The Bertz CT molecular complexity index is 40.3. The van der Waals surface area contributed by atoms with Gasteiger partial charge in [0.15, 0.2) is 0 Å². The normalized spacial score (nSPS) is 5.83. The van der Waals surface area contributed by atoms with Gasteiger partial charge in [0.2, 0.25) is 0 Å². The molecule has 0 aliphatic rings. The zero-order chi connectivity index (χ0) is 3.58. The predicted octanol–water partition coefficient (Wildman–Crippen LogP) is -0.313. The summed E-state index contributed by atoms with van der Waals surface area (Å²) in [5.41, 5.74) is 0. The Kier molecular flexibility index (Phi) is 24.4. The van der Waals surface area contributed by atoms with Gasteiger partial charge in [-0.3, -0.25) is 9.11 Å². The van der Waals surface area contributed by atoms with E-state index in [1.807, 2.05) is 0 Å². The molecular weight excluding hydrogens is 118 g/mol. The molecule has 0 fully saturated rings. The molecule has 0 radical (unpaired) electrons. The molecule has 0 heterocycles. The fraction of sp³-hybridized carbons (Fsp3) is 0. The quantitative estimate of drug-likeness (QED) is 0.306. The smallest absolute Gasteiger partial charge is 1.00 e. The second kappa shape index (κ2) is 9.25. The summed E-state index contributed by atoms with van der Waals surface area (Å²) >= 11 is -2.61. The van der Waals surface area contributed by atoms with Crippen molar-refractivity contribution in [2.75, 3.05) is 0 Å². The van der Waals surface area contributed by atoms with E-state index in [2.05, 4.69) is 0 Å². The fourth-order valence-electron chi connectivity index (χ4n) is 0. The van der Waals surface area contributed by atoms with Gasteiger partial charge in [0.05, 0.1) is 0 Å². The maximum absolute atomic E-state index is 8.67. The van der Waals surface area contributed by atoms with E-state index in [0.29, 0.717) is 0 Å². The Morgan fingerprint density at radius 1 is 1.50 bits per heavy atom. The number of rotatable bonds is 0. The molecule has 0 saturated heterocycles. The predicted molar refractivity (Wildman–Crippen MR) is 26.4 cm³/mol. The second-order valence-electron chi connectivity index (χ2n) is 0.231. The van der Waals surface area contributed by atoms with Gasteiger partial charge in [-0.15, -0.1) is 0 Å². The van der Waals surface area contributed by atoms with Gasteiger partial charge in [-0.1, -0.05) is 0 Å². The topological polar surface area (TPSA) is 92.5 Å². The third kappa shape index (κ3) is 109. The molecule has 0 aromatic carbocycles. The Labute approximate surface area is 57.1 Å². The van der Waals surface area contributed by atoms with Crippen LogP contribution in [-0.4, -0.2) is 36.4 Å². The maximum atomic E-state index is 8.67. The van der Waals surface area contributed by atoms with E-state index < -0.39 is 11.4 Å². The summed E-state index contributed by atoms with van der Waals surface area (Å²) in [7, 11) is 0. The average molecular weight is 125 g/mol. The van der Waals surface area contributed by atoms with Crippen LogP contribution in [0, 0.1) is 0 Å². The van der Waals surface area contributed by atoms with E-state index in [9.17, 15) is 0 Å². The van der Waals surface area contributed by atoms with Crippen molar-refractivity contribution >= 4 is 34.4 Å². The van der Waals surface area contributed by atoms with E-state index in [-0.39, 0.29) is 32.1 Å². The van der Waals surface area contributed by atoms with Crippen molar-refractivity contribution < 1.29 is 16.2 Å². The Balaban J connectivity index is -0.00000000750. The van der Waals surface area contributed by atoms with Crippen LogP contribution in [0.4, 0.5) is 0 Å². The van der Waals surface area contributed by atoms with Crippen LogP contribution in [-0.2, 0) is 11.4 Å². The Morgan fingerprint density at radius 3 is 1.50 bits per heavy atom. The summed E-state index contributed by atoms with van der Waals surface area (Å²) in [5.74, 6) is 0. The summed E-state index contributed by atoms with van der Waals surface area (Å²) in [4.78, 5) is 0. The second-order valence-corrected chi connectivity index (χ2v) is 0.692. The van der Waals surface area contributed by atoms with Gasteiger partial charge in [-0.05, 0) is 0 Å². The molecule has 0 atom stereocenters. The van der Waals surface area contributed by atoms with E-state index >= 15 is 0 Å². The van der Waals surface area contributed by atoms with Crippen molar-refractivity contribution in [1.29, 1.82) is 0 Å². The zero-order valence-electron chi connectivity index (χ0n) is 5.13. The first-order valence-corrected chi connectivity index (χ1v) is 1.60. The van der Waals surface area contributed by atoms with Crippen LogP contribution in [0.1, 0.15) is 2.85 Å². The summed E-state index contributed by atoms with van der Waals surface area (Å²) in [6.45, 7) is 0. The number of hydrogen-bond acceptors (Lipinski definition) is 2. The van der Waals surface area contributed by atoms with Crippen LogP contribution in [0.15, 0.2) is 0 Å². The average Bonchev–Trinajstić information content (AvgIpc) is 0.811. The molecule has 0 bridgehead atoms. The van der Waals surface area contributed by atoms with Crippen LogP contribution in [0.5, 0.6) is 0 Å². The molecule has 0 aromatic heterocycles. The van der Waals surface area contributed by atoms with E-state index in [4.69, 9.17) is 13.3 Å². The first kappa shape index (κ1) is 15.8. The van der Waals surface area contributed by atoms with E-state index in [0.717, 1.165) is 0 Å². The third-order valence-corrected chi connectivity index (χ3v) is 0.